The van der Waals surface area contributed by atoms with E-state index in [1.807, 2.05) is 0 Å². The second-order valence-corrected chi connectivity index (χ2v) is 5.20. The third-order valence-corrected chi connectivity index (χ3v) is 3.22. The second kappa shape index (κ2) is 5.74. The van der Waals surface area contributed by atoms with Gasteiger partial charge in [0.25, 0.3) is 6.01 Å². The molecule has 0 unspecified atom stereocenters. The van der Waals surface area contributed by atoms with Crippen LogP contribution in [0.4, 0.5) is 6.01 Å². The Kier molecular flexibility index (Phi) is 4.29. The van der Waals surface area contributed by atoms with E-state index in [9.17, 15) is 0 Å². The predicted molar refractivity (Wildman–Crippen MR) is 69.6 cm³/mol. The van der Waals surface area contributed by atoms with Gasteiger partial charge in [-0.25, -0.2) is 0 Å². The Balaban J connectivity index is 1.86. The number of rotatable bonds is 4. The zero-order chi connectivity index (χ0) is 12.3. The summed E-state index contributed by atoms with van der Waals surface area (Å²) in [7, 11) is 0. The zero-order valence-electron chi connectivity index (χ0n) is 10.5. The Labute approximate surface area is 108 Å². The number of halogens is 1. The highest BCUT2D eigenvalue weighted by Gasteiger charge is 2.20. The van der Waals surface area contributed by atoms with Crippen LogP contribution in [0.25, 0.3) is 0 Å². The van der Waals surface area contributed by atoms with Crippen LogP contribution in [0.15, 0.2) is 10.7 Å². The predicted octanol–water partition coefficient (Wildman–Crippen LogP) is 2.19. The number of hydrogen-bond donors (Lipinski definition) is 0. The fraction of sp³-hybridized carbons (Fsp3) is 0.750. The molecule has 0 N–H and O–H groups in total. The summed E-state index contributed by atoms with van der Waals surface area (Å²) < 4.78 is 5.42. The van der Waals surface area contributed by atoms with Gasteiger partial charge < -0.3 is 9.32 Å². The van der Waals surface area contributed by atoms with E-state index in [2.05, 4.69) is 28.6 Å². The third-order valence-electron chi connectivity index (χ3n) is 2.94. The average Bonchev–Trinajstić information content (AvgIpc) is 2.78. The monoisotopic (exact) mass is 257 g/mol. The molecule has 0 amide bonds. The van der Waals surface area contributed by atoms with Crippen molar-refractivity contribution in [1.29, 1.82) is 0 Å². The van der Waals surface area contributed by atoms with Gasteiger partial charge in [0, 0.05) is 32.7 Å². The maximum atomic E-state index is 5.71. The first-order chi connectivity index (χ1) is 8.19. The summed E-state index contributed by atoms with van der Waals surface area (Å²) in [6.45, 7) is 9.81. The van der Waals surface area contributed by atoms with Crippen molar-refractivity contribution in [3.8, 4) is 0 Å². The minimum atomic E-state index is 0.414. The van der Waals surface area contributed by atoms with E-state index in [-0.39, 0.29) is 0 Å². The van der Waals surface area contributed by atoms with E-state index in [0.717, 1.165) is 37.8 Å². The standard InChI is InChI=1S/C12H20ClN3O/c1-10(2)8-15-3-5-16(6-4-15)12-14-11(7-13)9-17-12/h9-10H,3-8H2,1-2H3. The van der Waals surface area contributed by atoms with Gasteiger partial charge in [0.2, 0.25) is 0 Å². The average molecular weight is 258 g/mol. The van der Waals surface area contributed by atoms with Crippen LogP contribution < -0.4 is 4.90 Å². The summed E-state index contributed by atoms with van der Waals surface area (Å²) in [6, 6.07) is 0.713. The van der Waals surface area contributed by atoms with Gasteiger partial charge in [-0.05, 0) is 5.92 Å². The van der Waals surface area contributed by atoms with Crippen molar-refractivity contribution < 1.29 is 4.42 Å². The van der Waals surface area contributed by atoms with E-state index in [0.29, 0.717) is 11.9 Å². The van der Waals surface area contributed by atoms with Gasteiger partial charge in [-0.15, -0.1) is 11.6 Å². The molecule has 5 heteroatoms. The quantitative estimate of drug-likeness (QED) is 0.774. The minimum absolute atomic E-state index is 0.414. The molecule has 0 saturated carbocycles. The van der Waals surface area contributed by atoms with Crippen molar-refractivity contribution >= 4 is 17.6 Å². The fourth-order valence-electron chi connectivity index (χ4n) is 2.14. The fourth-order valence-corrected chi connectivity index (χ4v) is 2.26. The van der Waals surface area contributed by atoms with Gasteiger partial charge in [0.15, 0.2) is 0 Å². The van der Waals surface area contributed by atoms with Crippen molar-refractivity contribution in [1.82, 2.24) is 9.88 Å². The lowest BCUT2D eigenvalue weighted by Gasteiger charge is -2.34. The van der Waals surface area contributed by atoms with E-state index in [4.69, 9.17) is 16.0 Å². The smallest absolute Gasteiger partial charge is 0.297 e. The molecule has 1 aromatic rings. The molecule has 1 aliphatic heterocycles. The van der Waals surface area contributed by atoms with Crippen LogP contribution in [0.2, 0.25) is 0 Å². The molecule has 1 saturated heterocycles. The molecule has 0 aromatic carbocycles. The molecule has 0 atom stereocenters. The number of anilines is 1. The minimum Gasteiger partial charge on any atom is -0.432 e. The number of piperazine rings is 1. The number of nitrogens with zero attached hydrogens (tertiary/aromatic N) is 3. The Morgan fingerprint density at radius 3 is 2.59 bits per heavy atom. The van der Waals surface area contributed by atoms with E-state index >= 15 is 0 Å². The molecule has 2 rings (SSSR count). The van der Waals surface area contributed by atoms with Crippen LogP contribution in [-0.4, -0.2) is 42.6 Å². The third kappa shape index (κ3) is 3.36. The van der Waals surface area contributed by atoms with Gasteiger partial charge in [0.05, 0.1) is 11.6 Å². The Bertz CT molecular complexity index is 345. The first-order valence-corrected chi connectivity index (χ1v) is 6.70. The second-order valence-electron chi connectivity index (χ2n) is 4.94. The van der Waals surface area contributed by atoms with E-state index in [1.54, 1.807) is 6.26 Å². The lowest BCUT2D eigenvalue weighted by molar-refractivity contribution is 0.227. The summed E-state index contributed by atoms with van der Waals surface area (Å²) in [5.41, 5.74) is 0.811. The summed E-state index contributed by atoms with van der Waals surface area (Å²) >= 11 is 5.71. The summed E-state index contributed by atoms with van der Waals surface area (Å²) in [5, 5.41) is 0. The lowest BCUT2D eigenvalue weighted by atomic mass is 10.2. The lowest BCUT2D eigenvalue weighted by Crippen LogP contribution is -2.47. The highest BCUT2D eigenvalue weighted by molar-refractivity contribution is 6.16. The Morgan fingerprint density at radius 2 is 2.06 bits per heavy atom. The number of hydrogen-bond acceptors (Lipinski definition) is 4. The van der Waals surface area contributed by atoms with Crippen molar-refractivity contribution in [3.63, 3.8) is 0 Å². The summed E-state index contributed by atoms with van der Waals surface area (Å²) in [5.74, 6) is 1.14. The van der Waals surface area contributed by atoms with Crippen LogP contribution in [0.5, 0.6) is 0 Å². The number of oxazole rings is 1. The molecule has 4 nitrogen and oxygen atoms in total. The van der Waals surface area contributed by atoms with E-state index < -0.39 is 0 Å². The van der Waals surface area contributed by atoms with Gasteiger partial charge in [-0.1, -0.05) is 13.8 Å². The number of alkyl halides is 1. The van der Waals surface area contributed by atoms with Crippen LogP contribution in [0, 0.1) is 5.92 Å². The molecule has 96 valence electrons. The van der Waals surface area contributed by atoms with Crippen LogP contribution >= 0.6 is 11.6 Å². The normalized spacial score (nSPS) is 18.0. The zero-order valence-corrected chi connectivity index (χ0v) is 11.3. The molecule has 0 radical (unpaired) electrons. The molecule has 0 bridgehead atoms. The molecule has 1 aromatic heterocycles. The van der Waals surface area contributed by atoms with Crippen molar-refractivity contribution in [2.45, 2.75) is 19.7 Å². The largest absolute Gasteiger partial charge is 0.432 e. The van der Waals surface area contributed by atoms with E-state index in [1.165, 1.54) is 6.54 Å². The Hall–Kier alpha value is -0.740. The Morgan fingerprint density at radius 1 is 1.35 bits per heavy atom. The molecule has 2 heterocycles. The summed E-state index contributed by atoms with van der Waals surface area (Å²) in [6.07, 6.45) is 1.64. The van der Waals surface area contributed by atoms with Gasteiger partial charge >= 0.3 is 0 Å². The van der Waals surface area contributed by atoms with Crippen molar-refractivity contribution in [2.75, 3.05) is 37.6 Å². The van der Waals surface area contributed by atoms with Crippen molar-refractivity contribution in [2.24, 2.45) is 5.92 Å². The van der Waals surface area contributed by atoms with Gasteiger partial charge in [-0.2, -0.15) is 4.98 Å². The highest BCUT2D eigenvalue weighted by Crippen LogP contribution is 2.17. The van der Waals surface area contributed by atoms with Crippen LogP contribution in [0.1, 0.15) is 19.5 Å². The highest BCUT2D eigenvalue weighted by atomic mass is 35.5. The molecule has 1 aliphatic rings. The molecule has 17 heavy (non-hydrogen) atoms. The first-order valence-electron chi connectivity index (χ1n) is 6.16. The molecule has 0 aliphatic carbocycles. The van der Waals surface area contributed by atoms with Gasteiger partial charge in [0.1, 0.15) is 6.26 Å². The van der Waals surface area contributed by atoms with Crippen molar-refractivity contribution in [3.05, 3.63) is 12.0 Å². The van der Waals surface area contributed by atoms with Gasteiger partial charge in [-0.3, -0.25) is 4.90 Å². The molecular formula is C12H20ClN3O. The van der Waals surface area contributed by atoms with Crippen LogP contribution in [0.3, 0.4) is 0 Å². The molecule has 0 spiro atoms. The molecular weight excluding hydrogens is 238 g/mol. The summed E-state index contributed by atoms with van der Waals surface area (Å²) in [4.78, 5) is 9.03. The topological polar surface area (TPSA) is 32.5 Å². The SMILES string of the molecule is CC(C)CN1CCN(c2nc(CCl)co2)CC1. The number of aromatic nitrogens is 1. The molecule has 1 fully saturated rings. The maximum absolute atomic E-state index is 5.71. The first kappa shape index (κ1) is 12.7. The maximum Gasteiger partial charge on any atom is 0.297 e. The van der Waals surface area contributed by atoms with Crippen LogP contribution in [-0.2, 0) is 5.88 Å².